The van der Waals surface area contributed by atoms with Gasteiger partial charge in [0.15, 0.2) is 5.52 Å². The van der Waals surface area contributed by atoms with E-state index in [-0.39, 0.29) is 17.3 Å². The number of hydrogen-bond acceptors (Lipinski definition) is 7. The van der Waals surface area contributed by atoms with Gasteiger partial charge in [-0.1, -0.05) is 29.3 Å². The van der Waals surface area contributed by atoms with E-state index in [9.17, 15) is 4.79 Å². The first-order chi connectivity index (χ1) is 15.1. The van der Waals surface area contributed by atoms with Crippen LogP contribution in [-0.4, -0.2) is 70.7 Å². The van der Waals surface area contributed by atoms with Crippen molar-refractivity contribution in [1.29, 1.82) is 0 Å². The number of hydrogen-bond donors (Lipinski definition) is 3. The number of benzene rings is 1. The number of ether oxygens (including phenoxy) is 2. The van der Waals surface area contributed by atoms with Crippen molar-refractivity contribution in [2.75, 3.05) is 39.5 Å². The highest BCUT2D eigenvalue weighted by Crippen LogP contribution is 2.22. The van der Waals surface area contributed by atoms with Gasteiger partial charge in [0.1, 0.15) is 17.6 Å². The van der Waals surface area contributed by atoms with E-state index in [1.54, 1.807) is 12.3 Å². The summed E-state index contributed by atoms with van der Waals surface area (Å²) in [5.74, 6) is 0.525. The molecule has 0 amide bonds. The molecule has 1 aliphatic heterocycles. The number of fused-ring (bicyclic) bond motifs is 1. The number of nitrogens with zero attached hydrogens (tertiary/aromatic N) is 3. The molecule has 31 heavy (non-hydrogen) atoms. The normalized spacial score (nSPS) is 16.1. The summed E-state index contributed by atoms with van der Waals surface area (Å²) in [6, 6.07) is 5.49. The molecular weight excluding hydrogens is 443 g/mol. The van der Waals surface area contributed by atoms with E-state index in [0.29, 0.717) is 41.0 Å². The number of aromatic amines is 2. The van der Waals surface area contributed by atoms with Crippen molar-refractivity contribution < 1.29 is 9.47 Å². The molecule has 3 N–H and O–H groups in total. The van der Waals surface area contributed by atoms with Crippen molar-refractivity contribution >= 4 is 34.2 Å². The maximum Gasteiger partial charge on any atom is 0.279 e. The molecule has 0 bridgehead atoms. The Balaban J connectivity index is 1.42. The Bertz CT molecular complexity index is 1070. The molecular formula is C20H24Cl2N6O3. The molecule has 1 saturated heterocycles. The molecule has 1 atom stereocenters. The summed E-state index contributed by atoms with van der Waals surface area (Å²) in [6.07, 6.45) is 1.63. The van der Waals surface area contributed by atoms with Crippen LogP contribution in [0.1, 0.15) is 11.4 Å². The number of halogens is 2. The standard InChI is InChI=1S/C20H24Cl2N6O3/c21-14-2-1-13(9-15(14)22)11-23-18(31-8-5-28-3-6-30-7-4-28)10-17-25-16-12-24-27-19(16)20(29)26-17/h1-2,9,12,18,23H,3-8,10-11H2,(H,24,27)(H,25,26,29)/t18-/m0/s1. The zero-order valence-corrected chi connectivity index (χ0v) is 18.4. The zero-order chi connectivity index (χ0) is 21.6. The highest BCUT2D eigenvalue weighted by Gasteiger charge is 2.16. The summed E-state index contributed by atoms with van der Waals surface area (Å²) in [7, 11) is 0. The van der Waals surface area contributed by atoms with Crippen LogP contribution >= 0.6 is 23.2 Å². The molecule has 0 spiro atoms. The Labute approximate surface area is 189 Å². The van der Waals surface area contributed by atoms with Crippen LogP contribution in [0.15, 0.2) is 29.2 Å². The maximum atomic E-state index is 12.2. The molecule has 1 aromatic carbocycles. The lowest BCUT2D eigenvalue weighted by Gasteiger charge is -2.27. The highest BCUT2D eigenvalue weighted by molar-refractivity contribution is 6.42. The first-order valence-electron chi connectivity index (χ1n) is 10.1. The molecule has 1 aliphatic rings. The molecule has 1 fully saturated rings. The Kier molecular flexibility index (Phi) is 7.54. The topological polar surface area (TPSA) is 108 Å². The Hall–Kier alpha value is -2.01. The number of rotatable bonds is 9. The van der Waals surface area contributed by atoms with Crippen molar-refractivity contribution in [3.05, 3.63) is 56.2 Å². The second kappa shape index (κ2) is 10.5. The molecule has 0 aliphatic carbocycles. The minimum atomic E-state index is -0.358. The lowest BCUT2D eigenvalue weighted by atomic mass is 10.2. The Morgan fingerprint density at radius 2 is 2.10 bits per heavy atom. The molecule has 4 rings (SSSR count). The second-order valence-corrected chi connectivity index (χ2v) is 8.09. The first kappa shape index (κ1) is 22.2. The zero-order valence-electron chi connectivity index (χ0n) is 16.9. The third-order valence-electron chi connectivity index (χ3n) is 5.08. The average molecular weight is 467 g/mol. The van der Waals surface area contributed by atoms with E-state index in [4.69, 9.17) is 32.7 Å². The monoisotopic (exact) mass is 466 g/mol. The van der Waals surface area contributed by atoms with Crippen molar-refractivity contribution in [3.8, 4) is 0 Å². The molecule has 166 valence electrons. The first-order valence-corrected chi connectivity index (χ1v) is 10.9. The third kappa shape index (κ3) is 6.03. The number of morpholine rings is 1. The van der Waals surface area contributed by atoms with Crippen LogP contribution in [0.5, 0.6) is 0 Å². The van der Waals surface area contributed by atoms with Gasteiger partial charge in [-0.2, -0.15) is 5.10 Å². The summed E-state index contributed by atoms with van der Waals surface area (Å²) in [5, 5.41) is 11.0. The van der Waals surface area contributed by atoms with Crippen LogP contribution in [0.4, 0.5) is 0 Å². The van der Waals surface area contributed by atoms with Gasteiger partial charge >= 0.3 is 0 Å². The predicted octanol–water partition coefficient (Wildman–Crippen LogP) is 1.96. The van der Waals surface area contributed by atoms with Crippen molar-refractivity contribution in [1.82, 2.24) is 30.4 Å². The van der Waals surface area contributed by atoms with Gasteiger partial charge in [-0.3, -0.25) is 20.1 Å². The number of aromatic nitrogens is 4. The Morgan fingerprint density at radius 1 is 1.26 bits per heavy atom. The summed E-state index contributed by atoms with van der Waals surface area (Å²) in [5.41, 5.74) is 1.51. The number of nitrogens with one attached hydrogen (secondary N) is 3. The molecule has 2 aromatic heterocycles. The van der Waals surface area contributed by atoms with E-state index < -0.39 is 0 Å². The quantitative estimate of drug-likeness (QED) is 0.413. The predicted molar refractivity (Wildman–Crippen MR) is 119 cm³/mol. The molecule has 0 unspecified atom stereocenters. The van der Waals surface area contributed by atoms with E-state index >= 15 is 0 Å². The fourth-order valence-corrected chi connectivity index (χ4v) is 3.71. The fraction of sp³-hybridized carbons (Fsp3) is 0.450. The van der Waals surface area contributed by atoms with Gasteiger partial charge in [0.2, 0.25) is 0 Å². The fourth-order valence-electron chi connectivity index (χ4n) is 3.39. The average Bonchev–Trinajstić information content (AvgIpc) is 3.24. The summed E-state index contributed by atoms with van der Waals surface area (Å²) < 4.78 is 11.5. The Morgan fingerprint density at radius 3 is 2.90 bits per heavy atom. The molecule has 0 radical (unpaired) electrons. The van der Waals surface area contributed by atoms with E-state index in [1.165, 1.54) is 0 Å². The van der Waals surface area contributed by atoms with Crippen molar-refractivity contribution in [2.24, 2.45) is 0 Å². The van der Waals surface area contributed by atoms with Gasteiger partial charge in [-0.05, 0) is 17.7 Å². The summed E-state index contributed by atoms with van der Waals surface area (Å²) >= 11 is 12.1. The van der Waals surface area contributed by atoms with Gasteiger partial charge < -0.3 is 14.5 Å². The molecule has 9 nitrogen and oxygen atoms in total. The number of H-pyrrole nitrogens is 2. The largest absolute Gasteiger partial charge is 0.379 e. The van der Waals surface area contributed by atoms with Crippen LogP contribution in [-0.2, 0) is 22.4 Å². The minimum Gasteiger partial charge on any atom is -0.379 e. The maximum absolute atomic E-state index is 12.2. The van der Waals surface area contributed by atoms with Crippen molar-refractivity contribution in [2.45, 2.75) is 19.2 Å². The van der Waals surface area contributed by atoms with E-state index in [2.05, 4.69) is 30.4 Å². The minimum absolute atomic E-state index is 0.280. The molecule has 3 heterocycles. The van der Waals surface area contributed by atoms with Crippen LogP contribution < -0.4 is 10.9 Å². The lowest BCUT2D eigenvalue weighted by molar-refractivity contribution is -0.00931. The highest BCUT2D eigenvalue weighted by atomic mass is 35.5. The summed E-state index contributed by atoms with van der Waals surface area (Å²) in [6.45, 7) is 5.16. The van der Waals surface area contributed by atoms with Crippen LogP contribution in [0.2, 0.25) is 10.0 Å². The molecule has 0 saturated carbocycles. The smallest absolute Gasteiger partial charge is 0.279 e. The molecule has 11 heteroatoms. The van der Waals surface area contributed by atoms with Crippen LogP contribution in [0, 0.1) is 0 Å². The lowest BCUT2D eigenvalue weighted by Crippen LogP contribution is -2.41. The summed E-state index contributed by atoms with van der Waals surface area (Å²) in [4.78, 5) is 21.8. The van der Waals surface area contributed by atoms with Gasteiger partial charge in [0.25, 0.3) is 5.56 Å². The van der Waals surface area contributed by atoms with Crippen LogP contribution in [0.25, 0.3) is 11.0 Å². The van der Waals surface area contributed by atoms with Gasteiger partial charge in [-0.15, -0.1) is 0 Å². The molecule has 3 aromatic rings. The van der Waals surface area contributed by atoms with Crippen molar-refractivity contribution in [3.63, 3.8) is 0 Å². The van der Waals surface area contributed by atoms with Gasteiger partial charge in [0, 0.05) is 38.8 Å². The van der Waals surface area contributed by atoms with E-state index in [1.807, 2.05) is 12.1 Å². The SMILES string of the molecule is O=c1[nH]c(C[C@@H](NCc2ccc(Cl)c(Cl)c2)OCCN2CCOCC2)nc2c[nH]nc12. The van der Waals surface area contributed by atoms with Crippen LogP contribution in [0.3, 0.4) is 0 Å². The second-order valence-electron chi connectivity index (χ2n) is 7.28. The van der Waals surface area contributed by atoms with Gasteiger partial charge in [-0.25, -0.2) is 4.98 Å². The third-order valence-corrected chi connectivity index (χ3v) is 5.81. The van der Waals surface area contributed by atoms with Gasteiger partial charge in [0.05, 0.1) is 29.9 Å². The van der Waals surface area contributed by atoms with E-state index in [0.717, 1.165) is 38.4 Å².